The van der Waals surface area contributed by atoms with Crippen LogP contribution in [0.25, 0.3) is 11.0 Å². The molecule has 2 aromatic rings. The number of amides is 2. The minimum absolute atomic E-state index is 0.00104. The van der Waals surface area contributed by atoms with E-state index in [0.29, 0.717) is 28.4 Å². The molecule has 2 aliphatic rings. The van der Waals surface area contributed by atoms with Crippen molar-refractivity contribution >= 4 is 49.4 Å². The van der Waals surface area contributed by atoms with E-state index >= 15 is 0 Å². The molecular formula is C27H32N4O7S. The van der Waals surface area contributed by atoms with Gasteiger partial charge in [0, 0.05) is 23.6 Å². The molecule has 0 bridgehead atoms. The number of rotatable bonds is 6. The monoisotopic (exact) mass is 556 g/mol. The van der Waals surface area contributed by atoms with Crippen molar-refractivity contribution in [2.75, 3.05) is 13.1 Å². The van der Waals surface area contributed by atoms with E-state index < -0.39 is 50.5 Å². The van der Waals surface area contributed by atoms with Crippen molar-refractivity contribution in [1.29, 1.82) is 0 Å². The van der Waals surface area contributed by atoms with Gasteiger partial charge in [0.2, 0.25) is 5.04 Å². The molecule has 12 heteroatoms. The number of ketones is 2. The van der Waals surface area contributed by atoms with Gasteiger partial charge < -0.3 is 15.1 Å². The standard InChI is InChI=1S/C27H32N4O7S/c1-16(2)14-19(30-25(34)24-17(3)18-8-4-5-11-23(18)38-24)27(35)31(20-9-6-12-28-15-22(20)33)39(36,37)26-21(32)10-7-13-29-26/h4-5,7-8,11,13,16,19-20,28H,6,9-10,12,14-15H2,1-3H3,(H,30,34)/t19?,20-/m0/s1. The fourth-order valence-corrected chi connectivity index (χ4v) is 6.48. The van der Waals surface area contributed by atoms with Crippen molar-refractivity contribution in [2.24, 2.45) is 10.9 Å². The number of allylic oxidation sites excluding steroid dienone is 1. The van der Waals surface area contributed by atoms with E-state index in [-0.39, 0.29) is 37.5 Å². The van der Waals surface area contributed by atoms with E-state index in [9.17, 15) is 27.6 Å². The van der Waals surface area contributed by atoms with Crippen LogP contribution in [0.4, 0.5) is 0 Å². The van der Waals surface area contributed by atoms with Crippen molar-refractivity contribution in [3.05, 3.63) is 47.9 Å². The first-order chi connectivity index (χ1) is 18.5. The quantitative estimate of drug-likeness (QED) is 0.549. The Labute approximate surface area is 226 Å². The summed E-state index contributed by atoms with van der Waals surface area (Å²) in [6.07, 6.45) is 2.97. The Morgan fingerprint density at radius 1 is 1.23 bits per heavy atom. The zero-order chi connectivity index (χ0) is 28.3. The van der Waals surface area contributed by atoms with Gasteiger partial charge in [-0.25, -0.2) is 9.30 Å². The van der Waals surface area contributed by atoms with E-state index in [4.69, 9.17) is 4.42 Å². The van der Waals surface area contributed by atoms with Gasteiger partial charge in [-0.2, -0.15) is 8.42 Å². The highest BCUT2D eigenvalue weighted by molar-refractivity contribution is 8.06. The Kier molecular flexibility index (Phi) is 8.45. The molecule has 11 nitrogen and oxygen atoms in total. The van der Waals surface area contributed by atoms with Gasteiger partial charge in [0.15, 0.2) is 17.3 Å². The lowest BCUT2D eigenvalue weighted by Gasteiger charge is -2.33. The lowest BCUT2D eigenvalue weighted by molar-refractivity contribution is -0.135. The third kappa shape index (κ3) is 5.86. The van der Waals surface area contributed by atoms with E-state index in [1.807, 2.05) is 19.9 Å². The maximum absolute atomic E-state index is 14.1. The van der Waals surface area contributed by atoms with Crippen molar-refractivity contribution in [2.45, 2.75) is 58.5 Å². The normalized spacial score (nSPS) is 19.1. The number of para-hydroxylation sites is 1. The van der Waals surface area contributed by atoms with Crippen molar-refractivity contribution in [1.82, 2.24) is 14.9 Å². The number of aliphatic imine (C=N–C) groups is 1. The number of carbonyl (C=O) groups is 4. The molecule has 2 aliphatic heterocycles. The predicted molar refractivity (Wildman–Crippen MR) is 145 cm³/mol. The van der Waals surface area contributed by atoms with Crippen LogP contribution in [0.15, 0.2) is 46.0 Å². The largest absolute Gasteiger partial charge is 0.451 e. The van der Waals surface area contributed by atoms with Gasteiger partial charge in [-0.05, 0) is 44.7 Å². The number of furan rings is 1. The average Bonchev–Trinajstić information content (AvgIpc) is 3.09. The fraction of sp³-hybridized carbons (Fsp3) is 0.444. The summed E-state index contributed by atoms with van der Waals surface area (Å²) in [6.45, 7) is 5.68. The SMILES string of the molecule is Cc1c(C(=O)NC(CC(C)C)C(=O)N([C@H]2CCCNCC2=O)S(=O)(=O)C2=NC=CCC2=O)oc2ccccc12. The molecule has 39 heavy (non-hydrogen) atoms. The molecule has 1 aromatic carbocycles. The van der Waals surface area contributed by atoms with Crippen molar-refractivity contribution in [3.8, 4) is 0 Å². The number of hydrogen-bond acceptors (Lipinski definition) is 9. The molecule has 0 radical (unpaired) electrons. The summed E-state index contributed by atoms with van der Waals surface area (Å²) in [4.78, 5) is 56.8. The number of nitrogens with zero attached hydrogens (tertiary/aromatic N) is 2. The number of carbonyl (C=O) groups excluding carboxylic acids is 4. The van der Waals surface area contributed by atoms with Gasteiger partial charge in [0.05, 0.1) is 6.54 Å². The predicted octanol–water partition coefficient (Wildman–Crippen LogP) is 2.25. The number of hydrogen-bond donors (Lipinski definition) is 2. The summed E-state index contributed by atoms with van der Waals surface area (Å²) in [6, 6.07) is 4.43. The summed E-state index contributed by atoms with van der Waals surface area (Å²) < 4.78 is 33.9. The number of Topliss-reactive ketones (excluding diaryl/α,β-unsaturated/α-hetero) is 2. The topological polar surface area (TPSA) is 155 Å². The Morgan fingerprint density at radius 3 is 2.67 bits per heavy atom. The third-order valence-corrected chi connectivity index (χ3v) is 8.48. The molecule has 208 valence electrons. The zero-order valence-electron chi connectivity index (χ0n) is 22.1. The molecule has 0 spiro atoms. The number of fused-ring (bicyclic) bond motifs is 1. The molecule has 0 saturated carbocycles. The molecule has 0 aliphatic carbocycles. The van der Waals surface area contributed by atoms with E-state index in [1.54, 1.807) is 25.1 Å². The zero-order valence-corrected chi connectivity index (χ0v) is 22.9. The van der Waals surface area contributed by atoms with Crippen LogP contribution in [0.5, 0.6) is 0 Å². The Balaban J connectivity index is 1.75. The van der Waals surface area contributed by atoms with E-state index in [0.717, 1.165) is 5.39 Å². The van der Waals surface area contributed by atoms with Crippen LogP contribution in [0.2, 0.25) is 0 Å². The van der Waals surface area contributed by atoms with Gasteiger partial charge in [-0.3, -0.25) is 19.2 Å². The third-order valence-electron chi connectivity index (χ3n) is 6.71. The molecule has 3 heterocycles. The molecule has 1 fully saturated rings. The van der Waals surface area contributed by atoms with Crippen LogP contribution in [0.1, 0.15) is 55.6 Å². The minimum Gasteiger partial charge on any atom is -0.451 e. The smallest absolute Gasteiger partial charge is 0.288 e. The molecule has 2 N–H and O–H groups in total. The molecule has 2 atom stereocenters. The van der Waals surface area contributed by atoms with Gasteiger partial charge in [0.25, 0.3) is 21.8 Å². The van der Waals surface area contributed by atoms with Gasteiger partial charge in [0.1, 0.15) is 17.7 Å². The van der Waals surface area contributed by atoms with Crippen LogP contribution in [0.3, 0.4) is 0 Å². The maximum Gasteiger partial charge on any atom is 0.288 e. The van der Waals surface area contributed by atoms with Crippen molar-refractivity contribution in [3.63, 3.8) is 0 Å². The lowest BCUT2D eigenvalue weighted by atomic mass is 10.0. The van der Waals surface area contributed by atoms with Gasteiger partial charge >= 0.3 is 0 Å². The van der Waals surface area contributed by atoms with Gasteiger partial charge in [-0.1, -0.05) is 38.1 Å². The van der Waals surface area contributed by atoms with Crippen LogP contribution in [-0.4, -0.2) is 66.3 Å². The molecule has 1 unspecified atom stereocenters. The number of benzene rings is 1. The summed E-state index contributed by atoms with van der Waals surface area (Å²) in [5.74, 6) is -3.12. The second kappa shape index (κ2) is 11.6. The van der Waals surface area contributed by atoms with E-state index in [2.05, 4.69) is 15.6 Å². The second-order valence-electron chi connectivity index (χ2n) is 10.1. The molecule has 1 aromatic heterocycles. The Morgan fingerprint density at radius 2 is 1.97 bits per heavy atom. The van der Waals surface area contributed by atoms with Gasteiger partial charge in [-0.15, -0.1) is 0 Å². The first-order valence-corrected chi connectivity index (χ1v) is 14.3. The average molecular weight is 557 g/mol. The first-order valence-electron chi connectivity index (χ1n) is 12.9. The van der Waals surface area contributed by atoms with Crippen LogP contribution >= 0.6 is 0 Å². The first kappa shape index (κ1) is 28.4. The highest BCUT2D eigenvalue weighted by atomic mass is 32.2. The number of sulfonamides is 1. The Hall–Kier alpha value is -3.64. The van der Waals surface area contributed by atoms with Crippen molar-refractivity contribution < 1.29 is 32.0 Å². The minimum atomic E-state index is -4.82. The summed E-state index contributed by atoms with van der Waals surface area (Å²) >= 11 is 0. The molecule has 2 amide bonds. The van der Waals surface area contributed by atoms with Crippen LogP contribution in [-0.2, 0) is 24.4 Å². The van der Waals surface area contributed by atoms with Crippen LogP contribution < -0.4 is 10.6 Å². The summed E-state index contributed by atoms with van der Waals surface area (Å²) in [5.41, 5.74) is 1.07. The summed E-state index contributed by atoms with van der Waals surface area (Å²) in [5, 5.41) is 5.50. The molecule has 1 saturated heterocycles. The Bertz CT molecular complexity index is 1470. The molecule has 4 rings (SSSR count). The number of nitrogens with one attached hydrogen (secondary N) is 2. The summed E-state index contributed by atoms with van der Waals surface area (Å²) in [7, 11) is -4.82. The maximum atomic E-state index is 14.1. The fourth-order valence-electron chi connectivity index (χ4n) is 4.80. The highest BCUT2D eigenvalue weighted by Crippen LogP contribution is 2.26. The van der Waals surface area contributed by atoms with E-state index in [1.165, 1.54) is 12.3 Å². The number of aryl methyl sites for hydroxylation is 1. The molecular weight excluding hydrogens is 524 g/mol. The lowest BCUT2D eigenvalue weighted by Crippen LogP contribution is -2.58. The van der Waals surface area contributed by atoms with Crippen LogP contribution in [0, 0.1) is 12.8 Å². The highest BCUT2D eigenvalue weighted by Gasteiger charge is 2.46. The second-order valence-corrected chi connectivity index (χ2v) is 11.8.